The topological polar surface area (TPSA) is 445 Å². The number of ketones is 1. The van der Waals surface area contributed by atoms with Crippen molar-refractivity contribution in [3.05, 3.63) is 317 Å². The fourth-order valence-electron chi connectivity index (χ4n) is 17.0. The van der Waals surface area contributed by atoms with E-state index in [2.05, 4.69) is 137 Å². The van der Waals surface area contributed by atoms with E-state index in [4.69, 9.17) is 39.1 Å². The van der Waals surface area contributed by atoms with E-state index in [9.17, 15) is 43.2 Å². The summed E-state index contributed by atoms with van der Waals surface area (Å²) < 4.78 is 25.3. The number of para-hydroxylation sites is 2. The second kappa shape index (κ2) is 37.4. The standard InChI is InChI=1S/C24H21N5O3.C21H23N5O.C20H20N4O2.2C19H18N4O3/c1-25-23(30)16-6-9-21-20(11-16)26-22(15-5-3-4-14(10-15)13-32-2)29(21)17-7-8-18-19(12-17)28-24(31)27-18;1-12-23-15-8-7-14(11-16(15)24-12)26-18-9-6-13(19(27)22-5)10-17(18)25-20(26)21(2,3)4;1-4-17(25)13-6-5-7-16-18(13)23-19(11(2)3)24(16)12-8-9-14-15(10-12)22-20(26)21-14;1-10(2)17-20-14-6-4-11(18(24)26-3)8-16(14)23(17)12-5-7-13-15(9-12)22-19(25)21-13;1-10(2)17-22-16-12(18(24)26-3)5-4-6-15(16)23(17)11-7-8-13-14(9-11)21-19(25)20-13/h3-12H,13H2,1-2H3,(H,25,30)(H2,27,28,31);6-11,23-24H,1H2,2-5H3,(H,22,27);5-11H,4H2,1-3H3,(H2,21,22,26);4-10H,1-3H3,(H2,21,22,25);4-10H,1-3H3,(H2,20,21,25). The molecular formula is C103H100N22O12. The van der Waals surface area contributed by atoms with E-state index in [0.29, 0.717) is 68.4 Å². The number of Topliss-reactive ketones (excluding diaryl/α,β-unsaturated/α-hetero) is 1. The molecule has 0 radical (unpaired) electrons. The zero-order valence-corrected chi connectivity index (χ0v) is 77.9. The van der Waals surface area contributed by atoms with Gasteiger partial charge in [-0.3, -0.25) is 37.2 Å². The summed E-state index contributed by atoms with van der Waals surface area (Å²) in [6.07, 6.45) is 0.444. The number of anilines is 2. The number of methoxy groups -OCH3 is 3. The van der Waals surface area contributed by atoms with Crippen LogP contribution in [-0.2, 0) is 26.2 Å². The molecule has 12 N–H and O–H groups in total. The highest BCUT2D eigenvalue weighted by Gasteiger charge is 2.29. The zero-order valence-electron chi connectivity index (χ0n) is 77.9. The fourth-order valence-corrected chi connectivity index (χ4v) is 17.0. The van der Waals surface area contributed by atoms with Crippen LogP contribution in [0.2, 0.25) is 0 Å². The van der Waals surface area contributed by atoms with Crippen LogP contribution in [0, 0.1) is 0 Å². The minimum Gasteiger partial charge on any atom is -0.465 e. The van der Waals surface area contributed by atoms with Crippen molar-refractivity contribution in [2.24, 2.45) is 0 Å². The van der Waals surface area contributed by atoms with E-state index in [0.717, 1.165) is 158 Å². The van der Waals surface area contributed by atoms with Gasteiger partial charge in [0.15, 0.2) is 5.78 Å². The first kappa shape index (κ1) is 91.6. The van der Waals surface area contributed by atoms with Gasteiger partial charge < -0.3 is 75.3 Å². The van der Waals surface area contributed by atoms with Crippen molar-refractivity contribution >= 4 is 140 Å². The molecule has 0 saturated heterocycles. The number of aromatic nitrogens is 18. The maximum absolute atomic E-state index is 12.3. The number of carbonyl (C=O) groups is 5. The third-order valence-corrected chi connectivity index (χ3v) is 23.4. The Morgan fingerprint density at radius 1 is 0.394 bits per heavy atom. The SMILES string of the molecule is C=C1Nc2ccc(-n3c(C(C)(C)C)nc4cc(C(=O)NC)ccc43)cc2N1.CCC(=O)c1cccc2c1nc(C(C)C)n2-c1ccc2[nH]c(=O)[nH]c2c1.CNC(=O)c1ccc2c(c1)nc(-c1cccc(COC)c1)n2-c1ccc2[nH]c(=O)[nH]c2c1.COC(=O)c1ccc2nc(C(C)C)n(-c3ccc4[nH]c(=O)[nH]c4c3)c2c1.COC(=O)c1cccc2c1nc(C(C)C)n2-c1ccc2[nH]c(=O)[nH]c2c1. The number of H-pyrrole nitrogens is 8. The molecule has 21 rings (SSSR count). The predicted molar refractivity (Wildman–Crippen MR) is 533 cm³/mol. The highest BCUT2D eigenvalue weighted by atomic mass is 16.5. The number of esters is 2. The quantitative estimate of drug-likeness (QED) is 0.0297. The fraction of sp³-hybridized carbons (Fsp3) is 0.204. The van der Waals surface area contributed by atoms with E-state index in [1.54, 1.807) is 51.5 Å². The summed E-state index contributed by atoms with van der Waals surface area (Å²) in [4.78, 5) is 153. The normalized spacial score (nSPS) is 11.9. The lowest BCUT2D eigenvalue weighted by Crippen LogP contribution is -2.18. The molecule has 9 aromatic heterocycles. The predicted octanol–water partition coefficient (Wildman–Crippen LogP) is 17.5. The van der Waals surface area contributed by atoms with Gasteiger partial charge in [0.1, 0.15) is 40.5 Å². The summed E-state index contributed by atoms with van der Waals surface area (Å²) in [7, 11) is 7.61. The van der Waals surface area contributed by atoms with Crippen LogP contribution in [-0.4, -0.2) is 153 Å². The lowest BCUT2D eigenvalue weighted by atomic mass is 9.95. The molecule has 1 aliphatic rings. The zero-order chi connectivity index (χ0) is 96.9. The van der Waals surface area contributed by atoms with Crippen molar-refractivity contribution in [2.45, 2.75) is 105 Å². The second-order valence-corrected chi connectivity index (χ2v) is 34.9. The minimum atomic E-state index is -0.416. The lowest BCUT2D eigenvalue weighted by Gasteiger charge is -2.20. The van der Waals surface area contributed by atoms with Crippen LogP contribution in [0.15, 0.2) is 238 Å². The summed E-state index contributed by atoms with van der Waals surface area (Å²) in [6, 6.07) is 64.5. The first-order valence-electron chi connectivity index (χ1n) is 44.4. The Morgan fingerprint density at radius 3 is 1.29 bits per heavy atom. The average molecular weight is 1840 g/mol. The van der Waals surface area contributed by atoms with Gasteiger partial charge >= 0.3 is 34.7 Å². The number of aromatic amines is 8. The van der Waals surface area contributed by atoms with Gasteiger partial charge in [-0.2, -0.15) is 0 Å². The number of amides is 2. The maximum atomic E-state index is 12.3. The molecule has 20 aromatic rings. The van der Waals surface area contributed by atoms with Crippen LogP contribution in [0.4, 0.5) is 11.4 Å². The van der Waals surface area contributed by atoms with E-state index < -0.39 is 11.9 Å². The number of hydrogen-bond acceptors (Lipinski definition) is 19. The highest BCUT2D eigenvalue weighted by Crippen LogP contribution is 2.39. The van der Waals surface area contributed by atoms with Gasteiger partial charge in [-0.05, 0) is 181 Å². The number of imidazole rings is 9. The number of benzene rings is 11. The molecule has 10 heterocycles. The van der Waals surface area contributed by atoms with Crippen LogP contribution in [0.25, 0.3) is 139 Å². The number of fused-ring (bicyclic) bond motifs is 10. The molecule has 34 heteroatoms. The van der Waals surface area contributed by atoms with Crippen molar-refractivity contribution in [1.82, 2.24) is 98.3 Å². The van der Waals surface area contributed by atoms with Gasteiger partial charge in [-0.25, -0.2) is 53.7 Å². The molecule has 11 aromatic carbocycles. The van der Waals surface area contributed by atoms with Gasteiger partial charge in [-0.1, -0.05) is 106 Å². The molecule has 0 aliphatic carbocycles. The number of ether oxygens (including phenoxy) is 3. The molecule has 0 saturated carbocycles. The average Bonchev–Trinajstić information content (AvgIpc) is 1.60. The van der Waals surface area contributed by atoms with Gasteiger partial charge in [-0.15, -0.1) is 0 Å². The van der Waals surface area contributed by atoms with Gasteiger partial charge in [0.2, 0.25) is 0 Å². The Labute approximate surface area is 781 Å². The van der Waals surface area contributed by atoms with E-state index in [-0.39, 0.29) is 63.5 Å². The summed E-state index contributed by atoms with van der Waals surface area (Å²) in [5, 5.41) is 11.8. The summed E-state index contributed by atoms with van der Waals surface area (Å²) in [5.74, 6) is 4.49. The molecule has 0 atom stereocenters. The Morgan fingerprint density at radius 2 is 0.818 bits per heavy atom. The van der Waals surface area contributed by atoms with Gasteiger partial charge in [0.25, 0.3) is 11.8 Å². The third kappa shape index (κ3) is 18.0. The van der Waals surface area contributed by atoms with Crippen molar-refractivity contribution in [2.75, 3.05) is 46.1 Å². The van der Waals surface area contributed by atoms with Gasteiger partial charge in [0.05, 0.1) is 137 Å². The first-order chi connectivity index (χ1) is 65.8. The number of carbonyl (C=O) groups excluding carboxylic acids is 5. The van der Waals surface area contributed by atoms with E-state index in [1.807, 2.05) is 198 Å². The lowest BCUT2D eigenvalue weighted by molar-refractivity contribution is 0.0593. The molecule has 694 valence electrons. The molecule has 2 amide bonds. The Hall–Kier alpha value is -17.3. The molecule has 0 unspecified atom stereocenters. The Balaban J connectivity index is 0.000000119. The van der Waals surface area contributed by atoms with Crippen LogP contribution in [0.3, 0.4) is 0 Å². The first-order valence-corrected chi connectivity index (χ1v) is 44.4. The van der Waals surface area contributed by atoms with Crippen LogP contribution in [0.1, 0.15) is 174 Å². The Kier molecular flexibility index (Phi) is 25.0. The minimum absolute atomic E-state index is 0.0842. The number of rotatable bonds is 17. The van der Waals surface area contributed by atoms with E-state index >= 15 is 0 Å². The summed E-state index contributed by atoms with van der Waals surface area (Å²) in [5.41, 5.74) is 23.8. The molecule has 1 aliphatic heterocycles. The highest BCUT2D eigenvalue weighted by molar-refractivity contribution is 6.07. The second-order valence-electron chi connectivity index (χ2n) is 34.9. The molecule has 34 nitrogen and oxygen atoms in total. The summed E-state index contributed by atoms with van der Waals surface area (Å²) >= 11 is 0. The number of nitrogens with zero attached hydrogens (tertiary/aromatic N) is 10. The molecular weight excluding hydrogens is 1740 g/mol. The van der Waals surface area contributed by atoms with Crippen molar-refractivity contribution in [1.29, 1.82) is 0 Å². The van der Waals surface area contributed by atoms with Crippen molar-refractivity contribution < 1.29 is 38.2 Å². The molecule has 0 spiro atoms. The largest absolute Gasteiger partial charge is 0.465 e. The van der Waals surface area contributed by atoms with Crippen molar-refractivity contribution in [3.63, 3.8) is 0 Å². The Bertz CT molecular complexity index is 8150. The van der Waals surface area contributed by atoms with Crippen LogP contribution < -0.4 is 44.0 Å². The molecule has 137 heavy (non-hydrogen) atoms. The molecule has 0 bridgehead atoms. The smallest absolute Gasteiger partial charge is 0.340 e. The van der Waals surface area contributed by atoms with Crippen molar-refractivity contribution in [3.8, 4) is 39.8 Å². The third-order valence-electron chi connectivity index (χ3n) is 23.4. The maximum Gasteiger partial charge on any atom is 0.340 e. The molecule has 0 fully saturated rings. The van der Waals surface area contributed by atoms with Crippen LogP contribution in [0.5, 0.6) is 0 Å². The monoisotopic (exact) mass is 1840 g/mol. The van der Waals surface area contributed by atoms with E-state index in [1.165, 1.54) is 14.2 Å². The summed E-state index contributed by atoms with van der Waals surface area (Å²) in [6.45, 7) is 25.1. The number of nitrogens with one attached hydrogen (secondary N) is 12. The van der Waals surface area contributed by atoms with Crippen LogP contribution >= 0.6 is 0 Å². The number of hydrogen-bond donors (Lipinski definition) is 12. The van der Waals surface area contributed by atoms with Gasteiger partial charge in [0, 0.05) is 101 Å².